The lowest BCUT2D eigenvalue weighted by atomic mass is 10.1. The fourth-order valence-electron chi connectivity index (χ4n) is 3.09. The Balaban J connectivity index is 1.65. The van der Waals surface area contributed by atoms with Crippen molar-refractivity contribution in [3.05, 3.63) is 29.3 Å². The van der Waals surface area contributed by atoms with Crippen LogP contribution in [0.15, 0.2) is 18.2 Å². The molecule has 0 atom stereocenters. The van der Waals surface area contributed by atoms with E-state index in [-0.39, 0.29) is 5.78 Å². The van der Waals surface area contributed by atoms with Gasteiger partial charge >= 0.3 is 0 Å². The fourth-order valence-corrected chi connectivity index (χ4v) is 5.20. The Hall–Kier alpha value is -1.12. The first-order valence-corrected chi connectivity index (χ1v) is 11.2. The monoisotopic (exact) mass is 384 g/mol. The van der Waals surface area contributed by atoms with E-state index in [1.165, 1.54) is 22.3 Å². The second kappa shape index (κ2) is 7.01. The van der Waals surface area contributed by atoms with Gasteiger partial charge in [-0.15, -0.1) is 0 Å². The van der Waals surface area contributed by atoms with Crippen LogP contribution in [0.4, 0.5) is 5.69 Å². The third-order valence-electron chi connectivity index (χ3n) is 4.35. The number of ketones is 1. The van der Waals surface area contributed by atoms with E-state index >= 15 is 0 Å². The van der Waals surface area contributed by atoms with E-state index in [1.807, 2.05) is 6.07 Å². The molecule has 1 aromatic carbocycles. The Kier molecular flexibility index (Phi) is 5.17. The minimum absolute atomic E-state index is 0.0298. The number of likely N-dealkylation sites (tertiary alicyclic amines) is 1. The molecule has 8 heteroatoms. The van der Waals surface area contributed by atoms with E-state index in [2.05, 4.69) is 4.90 Å². The second-order valence-electron chi connectivity index (χ2n) is 6.10. The summed E-state index contributed by atoms with van der Waals surface area (Å²) < 4.78 is 25.7. The van der Waals surface area contributed by atoms with Gasteiger partial charge in [0.1, 0.15) is 4.32 Å². The van der Waals surface area contributed by atoms with Gasteiger partial charge in [-0.05, 0) is 43.0 Å². The van der Waals surface area contributed by atoms with Crippen molar-refractivity contribution in [1.29, 1.82) is 0 Å². The predicted octanol–water partition coefficient (Wildman–Crippen LogP) is 2.31. The summed E-state index contributed by atoms with van der Waals surface area (Å²) in [6, 6.07) is 5.27. The van der Waals surface area contributed by atoms with Gasteiger partial charge < -0.3 is 4.90 Å². The van der Waals surface area contributed by atoms with Crippen LogP contribution >= 0.6 is 24.0 Å². The molecule has 0 saturated carbocycles. The predicted molar refractivity (Wildman–Crippen MR) is 103 cm³/mol. The number of thiocarbonyl (C=S) groups is 1. The van der Waals surface area contributed by atoms with E-state index < -0.39 is 10.0 Å². The first-order chi connectivity index (χ1) is 11.4. The van der Waals surface area contributed by atoms with Crippen molar-refractivity contribution in [2.75, 3.05) is 35.9 Å². The van der Waals surface area contributed by atoms with Crippen molar-refractivity contribution in [2.45, 2.75) is 19.3 Å². The summed E-state index contributed by atoms with van der Waals surface area (Å²) in [5, 5.41) is 0. The maximum Gasteiger partial charge on any atom is 0.232 e. The molecule has 0 aromatic heterocycles. The van der Waals surface area contributed by atoms with Crippen LogP contribution in [-0.4, -0.2) is 55.1 Å². The van der Waals surface area contributed by atoms with Crippen LogP contribution in [0.2, 0.25) is 0 Å². The number of nitrogens with zero attached hydrogens (tertiary/aromatic N) is 2. The molecule has 3 rings (SSSR count). The quantitative estimate of drug-likeness (QED) is 0.586. The van der Waals surface area contributed by atoms with Crippen molar-refractivity contribution in [2.24, 2.45) is 0 Å². The Labute approximate surface area is 152 Å². The Morgan fingerprint density at radius 1 is 1.25 bits per heavy atom. The van der Waals surface area contributed by atoms with Gasteiger partial charge in [-0.2, -0.15) is 0 Å². The molecule has 0 amide bonds. The highest BCUT2D eigenvalue weighted by atomic mass is 32.2. The van der Waals surface area contributed by atoms with E-state index in [0.29, 0.717) is 30.0 Å². The van der Waals surface area contributed by atoms with Gasteiger partial charge in [0.05, 0.1) is 17.7 Å². The number of Topliss-reactive ketones (excluding diaryl/α,β-unsaturated/α-hetero) is 1. The van der Waals surface area contributed by atoms with Crippen molar-refractivity contribution in [1.82, 2.24) is 4.90 Å². The number of sulfonamides is 1. The largest absolute Gasteiger partial charge is 0.358 e. The van der Waals surface area contributed by atoms with Crippen molar-refractivity contribution >= 4 is 49.8 Å². The number of hydrogen-bond acceptors (Lipinski definition) is 5. The molecular formula is C16H20N2O3S3. The van der Waals surface area contributed by atoms with Gasteiger partial charge in [-0.3, -0.25) is 9.10 Å². The summed E-state index contributed by atoms with van der Waals surface area (Å²) in [6.45, 7) is 2.42. The summed E-state index contributed by atoms with van der Waals surface area (Å²) in [6.07, 6.45) is 4.17. The third kappa shape index (κ3) is 3.75. The molecule has 2 aliphatic heterocycles. The van der Waals surface area contributed by atoms with Gasteiger partial charge in [0.2, 0.25) is 10.0 Å². The Morgan fingerprint density at radius 2 is 1.96 bits per heavy atom. The highest BCUT2D eigenvalue weighted by Crippen LogP contribution is 2.31. The van der Waals surface area contributed by atoms with E-state index in [0.717, 1.165) is 35.8 Å². The number of benzene rings is 1. The van der Waals surface area contributed by atoms with Crippen LogP contribution in [-0.2, 0) is 16.4 Å². The van der Waals surface area contributed by atoms with Crippen LogP contribution in [0, 0.1) is 0 Å². The highest BCUT2D eigenvalue weighted by Gasteiger charge is 2.26. The molecule has 2 heterocycles. The first-order valence-electron chi connectivity index (χ1n) is 7.92. The summed E-state index contributed by atoms with van der Waals surface area (Å²) in [5.74, 6) is 0.353. The molecule has 5 nitrogen and oxygen atoms in total. The summed E-state index contributed by atoms with van der Waals surface area (Å²) in [4.78, 5) is 14.6. The average Bonchev–Trinajstić information content (AvgIpc) is 3.19. The number of carbonyl (C=O) groups excluding carboxylic acids is 1. The third-order valence-corrected chi connectivity index (χ3v) is 7.05. The summed E-state index contributed by atoms with van der Waals surface area (Å²) >= 11 is 6.80. The summed E-state index contributed by atoms with van der Waals surface area (Å²) in [5.41, 5.74) is 2.23. The normalized spacial score (nSPS) is 17.2. The maximum absolute atomic E-state index is 12.4. The minimum Gasteiger partial charge on any atom is -0.358 e. The minimum atomic E-state index is -3.26. The van der Waals surface area contributed by atoms with Gasteiger partial charge in [0.15, 0.2) is 5.78 Å². The number of carbonyl (C=O) groups is 1. The lowest BCUT2D eigenvalue weighted by Gasteiger charge is -2.17. The molecule has 0 spiro atoms. The Bertz CT molecular complexity index is 771. The van der Waals surface area contributed by atoms with Gasteiger partial charge in [-0.1, -0.05) is 24.0 Å². The molecule has 2 aliphatic rings. The molecular weight excluding hydrogens is 364 g/mol. The summed E-state index contributed by atoms with van der Waals surface area (Å²) in [7, 11) is -3.26. The molecule has 0 aliphatic carbocycles. The smallest absolute Gasteiger partial charge is 0.232 e. The number of hydrogen-bond donors (Lipinski definition) is 0. The highest BCUT2D eigenvalue weighted by molar-refractivity contribution is 8.23. The van der Waals surface area contributed by atoms with Crippen LogP contribution in [0.5, 0.6) is 0 Å². The first kappa shape index (κ1) is 17.7. The SMILES string of the molecule is CS(=O)(=O)N1CCc2cc(C(=O)CSC(=S)N3CCCC3)ccc21. The molecule has 24 heavy (non-hydrogen) atoms. The van der Waals surface area contributed by atoms with Crippen LogP contribution in [0.25, 0.3) is 0 Å². The van der Waals surface area contributed by atoms with E-state index in [9.17, 15) is 13.2 Å². The fraction of sp³-hybridized carbons (Fsp3) is 0.500. The van der Waals surface area contributed by atoms with Gasteiger partial charge in [0, 0.05) is 25.2 Å². The van der Waals surface area contributed by atoms with Crippen molar-refractivity contribution in [3.63, 3.8) is 0 Å². The van der Waals surface area contributed by atoms with E-state index in [4.69, 9.17) is 12.2 Å². The molecule has 1 saturated heterocycles. The Morgan fingerprint density at radius 3 is 2.62 bits per heavy atom. The maximum atomic E-state index is 12.4. The molecule has 0 unspecified atom stereocenters. The number of anilines is 1. The zero-order valence-electron chi connectivity index (χ0n) is 13.5. The molecule has 130 valence electrons. The lowest BCUT2D eigenvalue weighted by Crippen LogP contribution is -2.27. The zero-order chi connectivity index (χ0) is 17.3. The molecule has 1 fully saturated rings. The number of thioether (sulfide) groups is 1. The van der Waals surface area contributed by atoms with Crippen molar-refractivity contribution in [3.8, 4) is 0 Å². The van der Waals surface area contributed by atoms with Crippen molar-refractivity contribution < 1.29 is 13.2 Å². The van der Waals surface area contributed by atoms with E-state index in [1.54, 1.807) is 12.1 Å². The van der Waals surface area contributed by atoms with Gasteiger partial charge in [-0.25, -0.2) is 8.42 Å². The van der Waals surface area contributed by atoms with Gasteiger partial charge in [0.25, 0.3) is 0 Å². The molecule has 0 radical (unpaired) electrons. The lowest BCUT2D eigenvalue weighted by molar-refractivity contribution is 0.102. The number of fused-ring (bicyclic) bond motifs is 1. The topological polar surface area (TPSA) is 57.7 Å². The average molecular weight is 385 g/mol. The standard InChI is InChI=1S/C16H20N2O3S3/c1-24(20,21)18-9-6-12-10-13(4-5-14(12)18)15(19)11-23-16(22)17-7-2-3-8-17/h4-5,10H,2-3,6-9,11H2,1H3. The number of rotatable bonds is 4. The molecule has 1 aromatic rings. The molecule has 0 N–H and O–H groups in total. The van der Waals surface area contributed by atoms with Crippen LogP contribution in [0.3, 0.4) is 0 Å². The van der Waals surface area contributed by atoms with Crippen LogP contribution < -0.4 is 4.31 Å². The second-order valence-corrected chi connectivity index (χ2v) is 9.62. The zero-order valence-corrected chi connectivity index (χ0v) is 16.0. The molecule has 0 bridgehead atoms. The van der Waals surface area contributed by atoms with Crippen LogP contribution in [0.1, 0.15) is 28.8 Å².